The number of aryl methyl sites for hydroxylation is 1. The van der Waals surface area contributed by atoms with Crippen LogP contribution in [0.1, 0.15) is 74.4 Å². The molecule has 1 fully saturated rings. The summed E-state index contributed by atoms with van der Waals surface area (Å²) in [4.78, 5) is 39.5. The van der Waals surface area contributed by atoms with Gasteiger partial charge in [-0.15, -0.1) is 0 Å². The molecule has 1 aliphatic heterocycles. The highest BCUT2D eigenvalue weighted by Gasteiger charge is 2.44. The van der Waals surface area contributed by atoms with Gasteiger partial charge in [0.15, 0.2) is 23.6 Å². The van der Waals surface area contributed by atoms with Gasteiger partial charge in [-0.2, -0.15) is 0 Å². The van der Waals surface area contributed by atoms with Crippen molar-refractivity contribution in [2.45, 2.75) is 63.8 Å². The molecule has 8 N–H and O–H groups in total. The first kappa shape index (κ1) is 27.8. The summed E-state index contributed by atoms with van der Waals surface area (Å²) >= 11 is 0. The summed E-state index contributed by atoms with van der Waals surface area (Å²) in [6.07, 6.45) is -3.40. The van der Waals surface area contributed by atoms with Crippen molar-refractivity contribution < 1.29 is 49.8 Å². The summed E-state index contributed by atoms with van der Waals surface area (Å²) in [5.74, 6) is -3.48. The van der Waals surface area contributed by atoms with Crippen molar-refractivity contribution in [3.63, 3.8) is 0 Å². The molecule has 0 amide bonds. The van der Waals surface area contributed by atoms with Crippen molar-refractivity contribution in [1.29, 1.82) is 0 Å². The maximum atomic E-state index is 13.6. The average Bonchev–Trinajstić information content (AvgIpc) is 2.86. The highest BCUT2D eigenvalue weighted by atomic mass is 16.7. The van der Waals surface area contributed by atoms with Gasteiger partial charge in [0.2, 0.25) is 0 Å². The van der Waals surface area contributed by atoms with E-state index >= 15 is 0 Å². The Bertz CT molecular complexity index is 1310. The van der Waals surface area contributed by atoms with Crippen molar-refractivity contribution in [2.75, 3.05) is 6.61 Å². The van der Waals surface area contributed by atoms with Gasteiger partial charge < -0.3 is 41.1 Å². The summed E-state index contributed by atoms with van der Waals surface area (Å²) < 4.78 is 11.9. The largest absolute Gasteiger partial charge is 0.507 e. The van der Waals surface area contributed by atoms with Crippen molar-refractivity contribution in [3.05, 3.63) is 57.1 Å². The standard InChI is InChI=1S/C27H29NO9.H2O/c1-10-4-3-5-13-19(10)26(34)22-21(24(13)32)25(33)14-6-12(16(30)9-29)7-17(20(14)27(22)35)37-18-8-15(28)23(31)11(2)36-18;/h3-5,11-12,15,17-18,23,29,31,33,35H,6-9,28H2,1-2H3;1H2. The maximum absolute atomic E-state index is 13.6. The predicted octanol–water partition coefficient (Wildman–Crippen LogP) is 0.362. The monoisotopic (exact) mass is 529 g/mol. The number of ketones is 3. The molecule has 6 unspecified atom stereocenters. The lowest BCUT2D eigenvalue weighted by Crippen LogP contribution is -2.52. The Balaban J connectivity index is 0.00000336. The third-order valence-electron chi connectivity index (χ3n) is 7.74. The van der Waals surface area contributed by atoms with E-state index in [1.54, 1.807) is 26.0 Å². The van der Waals surface area contributed by atoms with Gasteiger partial charge in [0.25, 0.3) is 0 Å². The van der Waals surface area contributed by atoms with Crippen LogP contribution in [0.15, 0.2) is 18.2 Å². The fourth-order valence-corrected chi connectivity index (χ4v) is 5.77. The molecule has 0 bridgehead atoms. The van der Waals surface area contributed by atoms with Crippen LogP contribution >= 0.6 is 0 Å². The first-order valence-electron chi connectivity index (χ1n) is 12.2. The normalized spacial score (nSPS) is 28.1. The van der Waals surface area contributed by atoms with Crippen LogP contribution in [-0.2, 0) is 20.7 Å². The number of Topliss-reactive ketones (excluding diaryl/α,β-unsaturated/α-hetero) is 1. The van der Waals surface area contributed by atoms with E-state index in [1.807, 2.05) is 0 Å². The molecule has 0 aromatic heterocycles. The molecule has 0 radical (unpaired) electrons. The molecule has 2 aromatic carbocycles. The van der Waals surface area contributed by atoms with Gasteiger partial charge in [-0.3, -0.25) is 14.4 Å². The second-order valence-corrected chi connectivity index (χ2v) is 10.0. The Hall–Kier alpha value is -3.19. The van der Waals surface area contributed by atoms with E-state index in [2.05, 4.69) is 0 Å². The molecular weight excluding hydrogens is 498 g/mol. The van der Waals surface area contributed by atoms with E-state index in [1.165, 1.54) is 6.07 Å². The molecule has 1 saturated heterocycles. The van der Waals surface area contributed by atoms with Crippen molar-refractivity contribution in [3.8, 4) is 11.5 Å². The van der Waals surface area contributed by atoms with Crippen LogP contribution in [0, 0.1) is 12.8 Å². The molecule has 38 heavy (non-hydrogen) atoms. The van der Waals surface area contributed by atoms with Crippen LogP contribution in [-0.4, -0.2) is 74.4 Å². The molecular formula is C27H31NO10. The first-order valence-corrected chi connectivity index (χ1v) is 12.2. The number of carbonyl (C=O) groups excluding carboxylic acids is 3. The molecule has 2 aromatic rings. The van der Waals surface area contributed by atoms with E-state index < -0.39 is 72.0 Å². The smallest absolute Gasteiger partial charge is 0.198 e. The van der Waals surface area contributed by atoms with E-state index in [9.17, 15) is 34.8 Å². The Morgan fingerprint density at radius 2 is 1.79 bits per heavy atom. The minimum atomic E-state index is -1.03. The van der Waals surface area contributed by atoms with Gasteiger partial charge in [-0.05, 0) is 32.3 Å². The molecule has 2 aliphatic carbocycles. The number of benzene rings is 2. The average molecular weight is 530 g/mol. The van der Waals surface area contributed by atoms with Crippen molar-refractivity contribution in [1.82, 2.24) is 0 Å². The molecule has 0 saturated carbocycles. The van der Waals surface area contributed by atoms with E-state index in [0.29, 0.717) is 5.56 Å². The Labute approximate surface area is 218 Å². The zero-order chi connectivity index (χ0) is 26.8. The van der Waals surface area contributed by atoms with Crippen molar-refractivity contribution in [2.24, 2.45) is 11.7 Å². The molecule has 1 heterocycles. The van der Waals surface area contributed by atoms with Crippen LogP contribution in [0.4, 0.5) is 0 Å². The number of rotatable bonds is 4. The van der Waals surface area contributed by atoms with Crippen molar-refractivity contribution >= 4 is 17.3 Å². The zero-order valence-corrected chi connectivity index (χ0v) is 20.9. The number of carbonyl (C=O) groups is 3. The highest BCUT2D eigenvalue weighted by molar-refractivity contribution is 6.31. The third kappa shape index (κ3) is 4.21. The number of hydrogen-bond donors (Lipinski definition) is 5. The number of aliphatic hydroxyl groups excluding tert-OH is 2. The van der Waals surface area contributed by atoms with Crippen LogP contribution in [0.25, 0.3) is 0 Å². The maximum Gasteiger partial charge on any atom is 0.198 e. The summed E-state index contributed by atoms with van der Waals surface area (Å²) in [7, 11) is 0. The number of fused-ring (bicyclic) bond motifs is 3. The zero-order valence-electron chi connectivity index (χ0n) is 20.9. The lowest BCUT2D eigenvalue weighted by molar-refractivity contribution is -0.243. The number of phenolic OH excluding ortho intramolecular Hbond substituents is 2. The second-order valence-electron chi connectivity index (χ2n) is 10.0. The van der Waals surface area contributed by atoms with Gasteiger partial charge in [0.1, 0.15) is 18.1 Å². The minimum absolute atomic E-state index is 0. The fraction of sp³-hybridized carbons (Fsp3) is 0.444. The van der Waals surface area contributed by atoms with Gasteiger partial charge in [0, 0.05) is 40.6 Å². The number of aliphatic hydroxyl groups is 2. The SMILES string of the molecule is Cc1cccc2c1C(=O)c1c(O)c3c(c(O)c1C2=O)CC(C(=O)CO)CC3OC1CC(N)C(O)C(C)O1.O. The lowest BCUT2D eigenvalue weighted by Gasteiger charge is -2.40. The molecule has 0 spiro atoms. The number of ether oxygens (including phenoxy) is 2. The molecule has 3 aliphatic rings. The molecule has 5 rings (SSSR count). The first-order chi connectivity index (χ1) is 17.5. The molecule has 11 heteroatoms. The number of hydrogen-bond acceptors (Lipinski definition) is 10. The van der Waals surface area contributed by atoms with E-state index in [0.717, 1.165) is 0 Å². The fourth-order valence-electron chi connectivity index (χ4n) is 5.77. The number of phenols is 2. The summed E-state index contributed by atoms with van der Waals surface area (Å²) in [5.41, 5.74) is 6.42. The molecule has 204 valence electrons. The Morgan fingerprint density at radius 3 is 2.45 bits per heavy atom. The van der Waals surface area contributed by atoms with Crippen LogP contribution in [0.3, 0.4) is 0 Å². The topological polar surface area (TPSA) is 208 Å². The van der Waals surface area contributed by atoms with E-state index in [4.69, 9.17) is 15.2 Å². The van der Waals surface area contributed by atoms with Crippen LogP contribution < -0.4 is 5.73 Å². The van der Waals surface area contributed by atoms with Gasteiger partial charge in [-0.1, -0.05) is 18.2 Å². The minimum Gasteiger partial charge on any atom is -0.507 e. The van der Waals surface area contributed by atoms with Gasteiger partial charge in [-0.25, -0.2) is 0 Å². The molecule has 6 atom stereocenters. The Kier molecular flexibility index (Phi) is 7.45. The lowest BCUT2D eigenvalue weighted by atomic mass is 9.73. The van der Waals surface area contributed by atoms with E-state index in [-0.39, 0.29) is 58.1 Å². The molecule has 11 nitrogen and oxygen atoms in total. The quantitative estimate of drug-likeness (QED) is 0.293. The number of nitrogens with two attached hydrogens (primary N) is 1. The summed E-state index contributed by atoms with van der Waals surface area (Å²) in [6.45, 7) is 2.58. The highest BCUT2D eigenvalue weighted by Crippen LogP contribution is 2.51. The van der Waals surface area contributed by atoms with Gasteiger partial charge in [0.05, 0.1) is 29.4 Å². The second kappa shape index (κ2) is 10.2. The predicted molar refractivity (Wildman–Crippen MR) is 132 cm³/mol. The van der Waals surface area contributed by atoms with Crippen LogP contribution in [0.5, 0.6) is 11.5 Å². The van der Waals surface area contributed by atoms with Crippen LogP contribution in [0.2, 0.25) is 0 Å². The van der Waals surface area contributed by atoms with Gasteiger partial charge >= 0.3 is 0 Å². The summed E-state index contributed by atoms with van der Waals surface area (Å²) in [5, 5.41) is 42.4. The number of aromatic hydroxyl groups is 2. The third-order valence-corrected chi connectivity index (χ3v) is 7.74. The summed E-state index contributed by atoms with van der Waals surface area (Å²) in [6, 6.07) is 4.16. The Morgan fingerprint density at radius 1 is 1.11 bits per heavy atom.